The zero-order valence-electron chi connectivity index (χ0n) is 18.3. The third-order valence-electron chi connectivity index (χ3n) is 4.91. The van der Waals surface area contributed by atoms with Crippen LogP contribution in [-0.4, -0.2) is 60.3 Å². The molecule has 30 heavy (non-hydrogen) atoms. The Hall–Kier alpha value is -1.88. The van der Waals surface area contributed by atoms with E-state index in [4.69, 9.17) is 14.3 Å². The number of aryl methyl sites for hydroxylation is 1. The Kier molecular flexibility index (Phi) is 9.83. The predicted octanol–water partition coefficient (Wildman–Crippen LogP) is 3.38. The van der Waals surface area contributed by atoms with Gasteiger partial charge in [-0.15, -0.1) is 24.0 Å². The fourth-order valence-corrected chi connectivity index (χ4v) is 3.39. The first-order valence-electron chi connectivity index (χ1n) is 10.4. The van der Waals surface area contributed by atoms with E-state index in [1.54, 1.807) is 0 Å². The van der Waals surface area contributed by atoms with E-state index in [9.17, 15) is 0 Å². The molecule has 1 saturated heterocycles. The molecular formula is C21H33IN6O2. The number of guanidine groups is 1. The second-order valence-electron chi connectivity index (χ2n) is 7.13. The molecule has 1 fully saturated rings. The number of ether oxygens (including phenoxy) is 1. The Morgan fingerprint density at radius 1 is 1.27 bits per heavy atom. The Morgan fingerprint density at radius 3 is 2.70 bits per heavy atom. The number of aliphatic imine (C=N–C) groups is 1. The lowest BCUT2D eigenvalue weighted by Gasteiger charge is -2.37. The molecule has 8 nitrogen and oxygen atoms in total. The second-order valence-corrected chi connectivity index (χ2v) is 7.13. The molecule has 9 heteroatoms. The highest BCUT2D eigenvalue weighted by Crippen LogP contribution is 2.18. The van der Waals surface area contributed by atoms with Gasteiger partial charge in [0.1, 0.15) is 12.6 Å². The zero-order valence-corrected chi connectivity index (χ0v) is 20.6. The molecule has 1 unspecified atom stereocenters. The number of piperazine rings is 1. The van der Waals surface area contributed by atoms with Gasteiger partial charge in [-0.2, -0.15) is 4.98 Å². The summed E-state index contributed by atoms with van der Waals surface area (Å²) < 4.78 is 10.8. The van der Waals surface area contributed by atoms with Crippen molar-refractivity contribution in [3.8, 4) is 0 Å². The Labute approximate surface area is 196 Å². The van der Waals surface area contributed by atoms with Crippen molar-refractivity contribution in [3.63, 3.8) is 0 Å². The van der Waals surface area contributed by atoms with Crippen molar-refractivity contribution in [1.82, 2.24) is 20.4 Å². The SMILES string of the molecule is CCNC(=NCc1nc(C(C)OCC)no1)N1CCN(c2cccc(C)c2)CC1.I. The minimum atomic E-state index is -0.176. The first kappa shape index (κ1) is 24.4. The van der Waals surface area contributed by atoms with Crippen LogP contribution in [0.5, 0.6) is 0 Å². The highest BCUT2D eigenvalue weighted by molar-refractivity contribution is 14.0. The van der Waals surface area contributed by atoms with Gasteiger partial charge >= 0.3 is 0 Å². The van der Waals surface area contributed by atoms with E-state index in [2.05, 4.69) is 63.4 Å². The third kappa shape index (κ3) is 6.56. The van der Waals surface area contributed by atoms with E-state index in [0.717, 1.165) is 38.7 Å². The summed E-state index contributed by atoms with van der Waals surface area (Å²) in [6.45, 7) is 13.6. The molecule has 0 aliphatic carbocycles. The van der Waals surface area contributed by atoms with Gasteiger partial charge < -0.3 is 24.4 Å². The van der Waals surface area contributed by atoms with Crippen molar-refractivity contribution in [2.75, 3.05) is 44.2 Å². The van der Waals surface area contributed by atoms with Gasteiger partial charge in [0, 0.05) is 45.0 Å². The molecule has 1 aromatic heterocycles. The summed E-state index contributed by atoms with van der Waals surface area (Å²) in [6, 6.07) is 8.67. The number of nitrogens with zero attached hydrogens (tertiary/aromatic N) is 5. The largest absolute Gasteiger partial charge is 0.371 e. The maximum atomic E-state index is 5.51. The molecule has 1 aliphatic heterocycles. The van der Waals surface area contributed by atoms with Crippen molar-refractivity contribution >= 4 is 35.6 Å². The number of rotatable bonds is 7. The van der Waals surface area contributed by atoms with Gasteiger partial charge in [-0.05, 0) is 45.4 Å². The fourth-order valence-electron chi connectivity index (χ4n) is 3.39. The van der Waals surface area contributed by atoms with Gasteiger partial charge in [-0.1, -0.05) is 17.3 Å². The van der Waals surface area contributed by atoms with Crippen molar-refractivity contribution in [2.45, 2.75) is 40.3 Å². The van der Waals surface area contributed by atoms with Gasteiger partial charge in [0.2, 0.25) is 5.89 Å². The lowest BCUT2D eigenvalue weighted by Crippen LogP contribution is -2.52. The molecule has 0 bridgehead atoms. The van der Waals surface area contributed by atoms with Crippen LogP contribution in [0.1, 0.15) is 44.2 Å². The molecule has 2 aromatic rings. The van der Waals surface area contributed by atoms with Crippen LogP contribution >= 0.6 is 24.0 Å². The van der Waals surface area contributed by atoms with E-state index in [0.29, 0.717) is 24.9 Å². The number of benzene rings is 1. The second kappa shape index (κ2) is 12.1. The number of hydrogen-bond acceptors (Lipinski definition) is 6. The lowest BCUT2D eigenvalue weighted by molar-refractivity contribution is 0.0683. The summed E-state index contributed by atoms with van der Waals surface area (Å²) in [4.78, 5) is 13.8. The van der Waals surface area contributed by atoms with E-state index < -0.39 is 0 Å². The first-order valence-corrected chi connectivity index (χ1v) is 10.4. The third-order valence-corrected chi connectivity index (χ3v) is 4.91. The molecule has 1 aliphatic rings. The number of halogens is 1. The van der Waals surface area contributed by atoms with Crippen LogP contribution in [0.4, 0.5) is 5.69 Å². The lowest BCUT2D eigenvalue weighted by atomic mass is 10.2. The maximum absolute atomic E-state index is 5.51. The normalized spacial score (nSPS) is 15.7. The standard InChI is InChI=1S/C21H32N6O2.HI/c1-5-22-21(23-15-19-24-20(25-29-19)17(4)28-6-2)27-12-10-26(11-13-27)18-9-7-8-16(3)14-18;/h7-9,14,17H,5-6,10-13,15H2,1-4H3,(H,22,23);1H. The highest BCUT2D eigenvalue weighted by Gasteiger charge is 2.20. The summed E-state index contributed by atoms with van der Waals surface area (Å²) >= 11 is 0. The minimum absolute atomic E-state index is 0. The molecule has 0 amide bonds. The number of anilines is 1. The van der Waals surface area contributed by atoms with Crippen LogP contribution in [0.3, 0.4) is 0 Å². The summed E-state index contributed by atoms with van der Waals surface area (Å²) in [5.41, 5.74) is 2.57. The average molecular weight is 528 g/mol. The molecule has 0 spiro atoms. The Balaban J connectivity index is 0.00000320. The van der Waals surface area contributed by atoms with Crippen LogP contribution in [-0.2, 0) is 11.3 Å². The van der Waals surface area contributed by atoms with Crippen LogP contribution in [0, 0.1) is 6.92 Å². The molecular weight excluding hydrogens is 495 g/mol. The van der Waals surface area contributed by atoms with Crippen molar-refractivity contribution in [1.29, 1.82) is 0 Å². The molecule has 1 atom stereocenters. The monoisotopic (exact) mass is 528 g/mol. The Bertz CT molecular complexity index is 804. The summed E-state index contributed by atoms with van der Waals surface area (Å²) in [7, 11) is 0. The van der Waals surface area contributed by atoms with Crippen LogP contribution in [0.25, 0.3) is 0 Å². The van der Waals surface area contributed by atoms with E-state index in [-0.39, 0.29) is 30.1 Å². The number of aromatic nitrogens is 2. The van der Waals surface area contributed by atoms with E-state index in [1.807, 2.05) is 13.8 Å². The topological polar surface area (TPSA) is 79.0 Å². The summed E-state index contributed by atoms with van der Waals surface area (Å²) in [6.07, 6.45) is -0.176. The van der Waals surface area contributed by atoms with Crippen molar-refractivity contribution in [2.24, 2.45) is 4.99 Å². The van der Waals surface area contributed by atoms with Gasteiger partial charge in [0.15, 0.2) is 11.8 Å². The minimum Gasteiger partial charge on any atom is -0.371 e. The molecule has 1 N–H and O–H groups in total. The average Bonchev–Trinajstić information content (AvgIpc) is 3.21. The van der Waals surface area contributed by atoms with Gasteiger partial charge in [0.25, 0.3) is 0 Å². The number of hydrogen-bond donors (Lipinski definition) is 1. The molecule has 166 valence electrons. The highest BCUT2D eigenvalue weighted by atomic mass is 127. The molecule has 0 radical (unpaired) electrons. The van der Waals surface area contributed by atoms with E-state index in [1.165, 1.54) is 11.3 Å². The maximum Gasteiger partial charge on any atom is 0.248 e. The van der Waals surface area contributed by atoms with Crippen molar-refractivity contribution < 1.29 is 9.26 Å². The van der Waals surface area contributed by atoms with Gasteiger partial charge in [-0.3, -0.25) is 0 Å². The van der Waals surface area contributed by atoms with Crippen molar-refractivity contribution in [3.05, 3.63) is 41.5 Å². The van der Waals surface area contributed by atoms with Crippen LogP contribution in [0.2, 0.25) is 0 Å². The van der Waals surface area contributed by atoms with Crippen LogP contribution < -0.4 is 10.2 Å². The number of nitrogens with one attached hydrogen (secondary N) is 1. The summed E-state index contributed by atoms with van der Waals surface area (Å²) in [5, 5.41) is 7.38. The van der Waals surface area contributed by atoms with Gasteiger partial charge in [-0.25, -0.2) is 4.99 Å². The van der Waals surface area contributed by atoms with E-state index >= 15 is 0 Å². The molecule has 3 rings (SSSR count). The quantitative estimate of drug-likeness (QED) is 0.336. The predicted molar refractivity (Wildman–Crippen MR) is 130 cm³/mol. The van der Waals surface area contributed by atoms with Crippen LogP contribution in [0.15, 0.2) is 33.8 Å². The molecule has 1 aromatic carbocycles. The Morgan fingerprint density at radius 2 is 2.03 bits per heavy atom. The molecule has 0 saturated carbocycles. The summed E-state index contributed by atoms with van der Waals surface area (Å²) in [5.74, 6) is 1.95. The fraction of sp³-hybridized carbons (Fsp3) is 0.571. The van der Waals surface area contributed by atoms with Gasteiger partial charge in [0.05, 0.1) is 0 Å². The molecule has 2 heterocycles. The zero-order chi connectivity index (χ0) is 20.6. The first-order chi connectivity index (χ1) is 14.1. The smallest absolute Gasteiger partial charge is 0.248 e.